The van der Waals surface area contributed by atoms with Crippen molar-refractivity contribution in [2.24, 2.45) is 0 Å². The van der Waals surface area contributed by atoms with Crippen molar-refractivity contribution >= 4 is 10.9 Å². The second-order valence-corrected chi connectivity index (χ2v) is 8.64. The maximum absolute atomic E-state index is 5.51. The molecule has 0 saturated carbocycles. The van der Waals surface area contributed by atoms with Gasteiger partial charge in [0.1, 0.15) is 5.75 Å². The summed E-state index contributed by atoms with van der Waals surface area (Å²) >= 11 is 0. The maximum Gasteiger partial charge on any atom is 0.119 e. The fourth-order valence-corrected chi connectivity index (χ4v) is 4.19. The van der Waals surface area contributed by atoms with E-state index >= 15 is 0 Å². The van der Waals surface area contributed by atoms with Gasteiger partial charge in [-0.05, 0) is 47.9 Å². The third-order valence-corrected chi connectivity index (χ3v) is 6.16. The number of piperazine rings is 1. The van der Waals surface area contributed by atoms with Crippen LogP contribution in [0.1, 0.15) is 43.9 Å². The average Bonchev–Trinajstić information content (AvgIpc) is 3.06. The van der Waals surface area contributed by atoms with Gasteiger partial charge in [-0.15, -0.1) is 0 Å². The van der Waals surface area contributed by atoms with Gasteiger partial charge in [0.2, 0.25) is 0 Å². The predicted octanol–water partition coefficient (Wildman–Crippen LogP) is 5.21. The molecule has 1 aromatic heterocycles. The number of nitrogens with zero attached hydrogens (tertiary/aromatic N) is 3. The van der Waals surface area contributed by atoms with Gasteiger partial charge in [-0.2, -0.15) is 0 Å². The monoisotopic (exact) mass is 407 g/mol. The molecule has 0 amide bonds. The van der Waals surface area contributed by atoms with Crippen LogP contribution in [-0.2, 0) is 13.1 Å². The number of benzene rings is 2. The number of likely N-dealkylation sites (N-methyl/N-ethyl adjacent to an activating group) is 1. The first-order valence-corrected chi connectivity index (χ1v) is 10.7. The second kappa shape index (κ2) is 9.67. The number of ether oxygens (including phenoxy) is 1. The molecule has 30 heavy (non-hydrogen) atoms. The quantitative estimate of drug-likeness (QED) is 0.560. The third-order valence-electron chi connectivity index (χ3n) is 6.16. The van der Waals surface area contributed by atoms with Crippen molar-refractivity contribution in [3.8, 4) is 5.75 Å². The molecule has 1 aliphatic heterocycles. The van der Waals surface area contributed by atoms with Gasteiger partial charge in [-0.1, -0.05) is 45.5 Å². The highest BCUT2D eigenvalue weighted by molar-refractivity contribution is 5.85. The zero-order valence-electron chi connectivity index (χ0n) is 18.2. The molecule has 0 bridgehead atoms. The molecule has 4 heteroatoms. The van der Waals surface area contributed by atoms with Gasteiger partial charge in [0.05, 0.1) is 7.11 Å². The molecule has 4 nitrogen and oxygen atoms in total. The molecule has 1 saturated heterocycles. The molecule has 2 aromatic carbocycles. The Bertz CT molecular complexity index is 950. The van der Waals surface area contributed by atoms with Gasteiger partial charge in [-0.25, -0.2) is 0 Å². The number of hydrogen-bond donors (Lipinski definition) is 0. The Kier molecular flexibility index (Phi) is 7.22. The lowest BCUT2D eigenvalue weighted by Gasteiger charge is -2.32. The predicted molar refractivity (Wildman–Crippen MR) is 128 cm³/mol. The van der Waals surface area contributed by atoms with Crippen LogP contribution in [0.3, 0.4) is 0 Å². The van der Waals surface area contributed by atoms with Gasteiger partial charge in [0.15, 0.2) is 0 Å². The standard InChI is InChI=1S/C25H33N3O.CH4/c1-19(2)21-7-5-20(6-8-21)16-28-18-22(17-27-13-11-26(3)12-14-27)24-15-23(29-4)9-10-25(24)28;/h5-10,15,18-19H,11-14,16-17H2,1-4H3;1H4. The van der Waals surface area contributed by atoms with E-state index in [9.17, 15) is 0 Å². The van der Waals surface area contributed by atoms with E-state index in [2.05, 4.69) is 83.9 Å². The van der Waals surface area contributed by atoms with Crippen LogP contribution in [0, 0.1) is 0 Å². The fourth-order valence-electron chi connectivity index (χ4n) is 4.19. The molecular formula is C26H37N3O. The lowest BCUT2D eigenvalue weighted by atomic mass is 10.0. The van der Waals surface area contributed by atoms with E-state index in [-0.39, 0.29) is 7.43 Å². The highest BCUT2D eigenvalue weighted by Crippen LogP contribution is 2.28. The minimum absolute atomic E-state index is 0. The Balaban J connectivity index is 0.00000256. The summed E-state index contributed by atoms with van der Waals surface area (Å²) in [6, 6.07) is 15.5. The van der Waals surface area contributed by atoms with Crippen LogP contribution in [-0.4, -0.2) is 54.7 Å². The zero-order chi connectivity index (χ0) is 20.4. The van der Waals surface area contributed by atoms with Crippen LogP contribution in [0.5, 0.6) is 5.75 Å². The number of aromatic nitrogens is 1. The van der Waals surface area contributed by atoms with Crippen molar-refractivity contribution in [1.82, 2.24) is 14.4 Å². The normalized spacial score (nSPS) is 15.5. The highest BCUT2D eigenvalue weighted by Gasteiger charge is 2.17. The summed E-state index contributed by atoms with van der Waals surface area (Å²) in [6.07, 6.45) is 2.35. The molecule has 0 unspecified atom stereocenters. The zero-order valence-corrected chi connectivity index (χ0v) is 18.2. The summed E-state index contributed by atoms with van der Waals surface area (Å²) in [5.41, 5.74) is 5.41. The van der Waals surface area contributed by atoms with Crippen LogP contribution >= 0.6 is 0 Å². The summed E-state index contributed by atoms with van der Waals surface area (Å²) < 4.78 is 7.91. The molecule has 162 valence electrons. The molecule has 0 spiro atoms. The first-order chi connectivity index (χ1) is 14.0. The summed E-state index contributed by atoms with van der Waals surface area (Å²) in [6.45, 7) is 10.9. The van der Waals surface area contributed by atoms with E-state index in [0.29, 0.717) is 5.92 Å². The maximum atomic E-state index is 5.51. The molecule has 1 aliphatic rings. The summed E-state index contributed by atoms with van der Waals surface area (Å²) in [5.74, 6) is 1.50. The Labute approximate surface area is 182 Å². The van der Waals surface area contributed by atoms with Gasteiger partial charge in [0, 0.05) is 56.4 Å². The molecule has 1 fully saturated rings. The lowest BCUT2D eigenvalue weighted by molar-refractivity contribution is 0.148. The van der Waals surface area contributed by atoms with Crippen LogP contribution in [0.2, 0.25) is 0 Å². The lowest BCUT2D eigenvalue weighted by Crippen LogP contribution is -2.43. The van der Waals surface area contributed by atoms with Gasteiger partial charge in [-0.3, -0.25) is 4.90 Å². The van der Waals surface area contributed by atoms with Crippen molar-refractivity contribution in [3.05, 3.63) is 65.4 Å². The van der Waals surface area contributed by atoms with E-state index in [1.54, 1.807) is 7.11 Å². The Morgan fingerprint density at radius 2 is 1.63 bits per heavy atom. The third kappa shape index (κ3) is 4.88. The Morgan fingerprint density at radius 1 is 0.933 bits per heavy atom. The SMILES string of the molecule is C.COc1ccc2c(c1)c(CN1CCN(C)CC1)cn2Cc1ccc(C(C)C)cc1. The largest absolute Gasteiger partial charge is 0.497 e. The number of hydrogen-bond acceptors (Lipinski definition) is 3. The Morgan fingerprint density at radius 3 is 2.27 bits per heavy atom. The summed E-state index contributed by atoms with van der Waals surface area (Å²) in [7, 11) is 3.95. The number of fused-ring (bicyclic) bond motifs is 1. The molecule has 0 atom stereocenters. The van der Waals surface area contributed by atoms with Crippen molar-refractivity contribution in [1.29, 1.82) is 0 Å². The van der Waals surface area contributed by atoms with Crippen molar-refractivity contribution in [3.63, 3.8) is 0 Å². The van der Waals surface area contributed by atoms with Crippen LogP contribution in [0.25, 0.3) is 10.9 Å². The highest BCUT2D eigenvalue weighted by atomic mass is 16.5. The van der Waals surface area contributed by atoms with Gasteiger partial charge in [0.25, 0.3) is 0 Å². The molecule has 0 aliphatic carbocycles. The van der Waals surface area contributed by atoms with Crippen LogP contribution in [0.15, 0.2) is 48.7 Å². The first-order valence-electron chi connectivity index (χ1n) is 10.7. The molecule has 0 radical (unpaired) electrons. The van der Waals surface area contributed by atoms with Crippen molar-refractivity contribution in [2.75, 3.05) is 40.3 Å². The number of methoxy groups -OCH3 is 1. The van der Waals surface area contributed by atoms with E-state index in [1.807, 2.05) is 0 Å². The van der Waals surface area contributed by atoms with Crippen LogP contribution < -0.4 is 4.74 Å². The Hall–Kier alpha value is -2.30. The van der Waals surface area contributed by atoms with Crippen molar-refractivity contribution < 1.29 is 4.74 Å². The van der Waals surface area contributed by atoms with E-state index < -0.39 is 0 Å². The second-order valence-electron chi connectivity index (χ2n) is 8.64. The summed E-state index contributed by atoms with van der Waals surface area (Å²) in [5, 5.41) is 1.31. The molecule has 0 N–H and O–H groups in total. The number of rotatable bonds is 6. The van der Waals surface area contributed by atoms with E-state index in [4.69, 9.17) is 4.74 Å². The van der Waals surface area contributed by atoms with Crippen LogP contribution in [0.4, 0.5) is 0 Å². The van der Waals surface area contributed by atoms with Gasteiger partial charge >= 0.3 is 0 Å². The first kappa shape index (κ1) is 22.4. The molecule has 3 aromatic rings. The minimum atomic E-state index is 0. The summed E-state index contributed by atoms with van der Waals surface area (Å²) in [4.78, 5) is 4.97. The molecule has 4 rings (SSSR count). The fraction of sp³-hybridized carbons (Fsp3) is 0.462. The molecule has 2 heterocycles. The van der Waals surface area contributed by atoms with E-state index in [1.165, 1.54) is 27.6 Å². The van der Waals surface area contributed by atoms with Gasteiger partial charge < -0.3 is 14.2 Å². The minimum Gasteiger partial charge on any atom is -0.497 e. The average molecular weight is 408 g/mol. The topological polar surface area (TPSA) is 20.6 Å². The van der Waals surface area contributed by atoms with Crippen molar-refractivity contribution in [2.45, 2.75) is 40.3 Å². The smallest absolute Gasteiger partial charge is 0.119 e. The van der Waals surface area contributed by atoms with E-state index in [0.717, 1.165) is 45.0 Å². The molecular weight excluding hydrogens is 370 g/mol.